The molecule has 6 heteroatoms. The summed E-state index contributed by atoms with van der Waals surface area (Å²) in [7, 11) is -2.01. The molecule has 1 aromatic rings. The van der Waals surface area contributed by atoms with E-state index in [1.54, 1.807) is 10.4 Å². The summed E-state index contributed by atoms with van der Waals surface area (Å²) < 4.78 is 32.0. The highest BCUT2D eigenvalue weighted by atomic mass is 32.2. The van der Waals surface area contributed by atoms with Crippen molar-refractivity contribution in [2.24, 2.45) is 5.41 Å². The highest BCUT2D eigenvalue weighted by Gasteiger charge is 2.34. The maximum Gasteiger partial charge on any atom is 0.243 e. The van der Waals surface area contributed by atoms with Crippen molar-refractivity contribution in [3.05, 3.63) is 18.2 Å². The molecule has 0 radical (unpaired) electrons. The maximum atomic E-state index is 12.7. The SMILES string of the molecule is COc1cc(S(=O)(=O)N2CCCC(C)(C)C2)ccc1N. The fourth-order valence-electron chi connectivity index (χ4n) is 2.58. The summed E-state index contributed by atoms with van der Waals surface area (Å²) in [5.74, 6) is 0.391. The number of piperidine rings is 1. The largest absolute Gasteiger partial charge is 0.495 e. The van der Waals surface area contributed by atoms with E-state index in [2.05, 4.69) is 13.8 Å². The standard InChI is InChI=1S/C14H22N2O3S/c1-14(2)7-4-8-16(10-14)20(17,18)11-5-6-12(15)13(9-11)19-3/h5-6,9H,4,7-8,10,15H2,1-3H3. The third kappa shape index (κ3) is 2.91. The van der Waals surface area contributed by atoms with Gasteiger partial charge in [0.1, 0.15) is 5.75 Å². The van der Waals surface area contributed by atoms with Gasteiger partial charge in [-0.25, -0.2) is 8.42 Å². The number of hydrogen-bond donors (Lipinski definition) is 1. The van der Waals surface area contributed by atoms with Crippen LogP contribution in [0.1, 0.15) is 26.7 Å². The van der Waals surface area contributed by atoms with Gasteiger partial charge in [0.15, 0.2) is 0 Å². The number of benzene rings is 1. The van der Waals surface area contributed by atoms with Gasteiger partial charge in [0.05, 0.1) is 17.7 Å². The van der Waals surface area contributed by atoms with Gasteiger partial charge in [-0.3, -0.25) is 0 Å². The first-order valence-corrected chi connectivity index (χ1v) is 8.14. The first-order chi connectivity index (χ1) is 9.26. The number of ether oxygens (including phenoxy) is 1. The zero-order valence-electron chi connectivity index (χ0n) is 12.2. The molecule has 0 unspecified atom stereocenters. The molecule has 1 fully saturated rings. The van der Waals surface area contributed by atoms with Crippen LogP contribution in [-0.2, 0) is 10.0 Å². The number of nitrogens with zero attached hydrogens (tertiary/aromatic N) is 1. The van der Waals surface area contributed by atoms with E-state index in [1.807, 2.05) is 0 Å². The normalized spacial score (nSPS) is 19.8. The third-order valence-electron chi connectivity index (χ3n) is 3.71. The van der Waals surface area contributed by atoms with Crippen molar-refractivity contribution in [3.8, 4) is 5.75 Å². The lowest BCUT2D eigenvalue weighted by atomic mass is 9.85. The quantitative estimate of drug-likeness (QED) is 0.867. The summed E-state index contributed by atoms with van der Waals surface area (Å²) >= 11 is 0. The van der Waals surface area contributed by atoms with Gasteiger partial charge >= 0.3 is 0 Å². The van der Waals surface area contributed by atoms with Crippen molar-refractivity contribution in [1.29, 1.82) is 0 Å². The Labute approximate surface area is 120 Å². The number of nitrogen functional groups attached to an aromatic ring is 1. The molecule has 1 heterocycles. The number of methoxy groups -OCH3 is 1. The summed E-state index contributed by atoms with van der Waals surface area (Å²) in [5.41, 5.74) is 6.18. The fourth-order valence-corrected chi connectivity index (χ4v) is 4.26. The van der Waals surface area contributed by atoms with Crippen LogP contribution < -0.4 is 10.5 Å². The zero-order valence-corrected chi connectivity index (χ0v) is 13.0. The van der Waals surface area contributed by atoms with Gasteiger partial charge in [0, 0.05) is 19.2 Å². The van der Waals surface area contributed by atoms with E-state index in [0.717, 1.165) is 12.8 Å². The monoisotopic (exact) mass is 298 g/mol. The zero-order chi connectivity index (χ0) is 15.0. The van der Waals surface area contributed by atoms with Crippen LogP contribution in [0.2, 0.25) is 0 Å². The molecule has 0 amide bonds. The Morgan fingerprint density at radius 2 is 2.05 bits per heavy atom. The van der Waals surface area contributed by atoms with Crippen LogP contribution in [0.15, 0.2) is 23.1 Å². The molecule has 1 aromatic carbocycles. The van der Waals surface area contributed by atoms with E-state index in [1.165, 1.54) is 19.2 Å². The average molecular weight is 298 g/mol. The Balaban J connectivity index is 2.35. The summed E-state index contributed by atoms with van der Waals surface area (Å²) in [6.45, 7) is 5.30. The molecule has 2 rings (SSSR count). The first kappa shape index (κ1) is 15.1. The van der Waals surface area contributed by atoms with Crippen molar-refractivity contribution in [2.45, 2.75) is 31.6 Å². The molecule has 112 valence electrons. The van der Waals surface area contributed by atoms with Gasteiger partial charge in [-0.15, -0.1) is 0 Å². The number of sulfonamides is 1. The van der Waals surface area contributed by atoms with Crippen molar-refractivity contribution >= 4 is 15.7 Å². The van der Waals surface area contributed by atoms with E-state index < -0.39 is 10.0 Å². The van der Waals surface area contributed by atoms with Crippen LogP contribution in [0.5, 0.6) is 5.75 Å². The Kier molecular flexibility index (Phi) is 3.97. The molecular formula is C14H22N2O3S. The second-order valence-corrected chi connectivity index (χ2v) is 7.95. The molecule has 0 spiro atoms. The lowest BCUT2D eigenvalue weighted by Gasteiger charge is -2.37. The van der Waals surface area contributed by atoms with E-state index in [4.69, 9.17) is 10.5 Å². The van der Waals surface area contributed by atoms with Crippen LogP contribution >= 0.6 is 0 Å². The van der Waals surface area contributed by atoms with Crippen LogP contribution in [0.25, 0.3) is 0 Å². The molecule has 2 N–H and O–H groups in total. The lowest BCUT2D eigenvalue weighted by Crippen LogP contribution is -2.43. The van der Waals surface area contributed by atoms with Gasteiger partial charge in [0.2, 0.25) is 10.0 Å². The van der Waals surface area contributed by atoms with Crippen molar-refractivity contribution in [1.82, 2.24) is 4.31 Å². The van der Waals surface area contributed by atoms with Gasteiger partial charge in [0.25, 0.3) is 0 Å². The van der Waals surface area contributed by atoms with Crippen LogP contribution in [-0.4, -0.2) is 32.9 Å². The lowest BCUT2D eigenvalue weighted by molar-refractivity contribution is 0.187. The molecule has 0 aromatic heterocycles. The van der Waals surface area contributed by atoms with Gasteiger partial charge < -0.3 is 10.5 Å². The predicted octanol–water partition coefficient (Wildman–Crippen LogP) is 2.09. The molecule has 0 bridgehead atoms. The molecule has 1 aliphatic heterocycles. The summed E-state index contributed by atoms with van der Waals surface area (Å²) in [4.78, 5) is 0.237. The summed E-state index contributed by atoms with van der Waals surface area (Å²) in [6, 6.07) is 4.60. The average Bonchev–Trinajstić information content (AvgIpc) is 2.37. The molecule has 20 heavy (non-hydrogen) atoms. The molecular weight excluding hydrogens is 276 g/mol. The second-order valence-electron chi connectivity index (χ2n) is 6.01. The van der Waals surface area contributed by atoms with Crippen molar-refractivity contribution in [2.75, 3.05) is 25.9 Å². The van der Waals surface area contributed by atoms with Crippen molar-refractivity contribution in [3.63, 3.8) is 0 Å². The van der Waals surface area contributed by atoms with Crippen molar-refractivity contribution < 1.29 is 13.2 Å². The van der Waals surface area contributed by atoms with Crippen LogP contribution in [0, 0.1) is 5.41 Å². The maximum absolute atomic E-state index is 12.7. The Hall–Kier alpha value is -1.27. The minimum atomic E-state index is -3.48. The summed E-state index contributed by atoms with van der Waals surface area (Å²) in [5, 5.41) is 0. The Morgan fingerprint density at radius 3 is 2.65 bits per heavy atom. The second kappa shape index (κ2) is 5.26. The minimum Gasteiger partial charge on any atom is -0.495 e. The predicted molar refractivity (Wildman–Crippen MR) is 79.2 cm³/mol. The number of rotatable bonds is 3. The first-order valence-electron chi connectivity index (χ1n) is 6.70. The Morgan fingerprint density at radius 1 is 1.35 bits per heavy atom. The molecule has 0 atom stereocenters. The smallest absolute Gasteiger partial charge is 0.243 e. The summed E-state index contributed by atoms with van der Waals surface area (Å²) in [6.07, 6.45) is 1.93. The molecule has 5 nitrogen and oxygen atoms in total. The fraction of sp³-hybridized carbons (Fsp3) is 0.571. The number of anilines is 1. The van der Waals surface area contributed by atoms with E-state index >= 15 is 0 Å². The Bertz CT molecular complexity index is 596. The van der Waals surface area contributed by atoms with Gasteiger partial charge in [-0.05, 0) is 30.4 Å². The molecule has 1 aliphatic rings. The van der Waals surface area contributed by atoms with Crippen LogP contribution in [0.3, 0.4) is 0 Å². The molecule has 1 saturated heterocycles. The van der Waals surface area contributed by atoms with Gasteiger partial charge in [-0.2, -0.15) is 4.31 Å². The third-order valence-corrected chi connectivity index (χ3v) is 5.55. The highest BCUT2D eigenvalue weighted by molar-refractivity contribution is 7.89. The topological polar surface area (TPSA) is 72.6 Å². The highest BCUT2D eigenvalue weighted by Crippen LogP contribution is 2.33. The van der Waals surface area contributed by atoms with Gasteiger partial charge in [-0.1, -0.05) is 13.8 Å². The molecule has 0 saturated carbocycles. The number of nitrogens with two attached hydrogens (primary N) is 1. The molecule has 0 aliphatic carbocycles. The minimum absolute atomic E-state index is 0.0171. The van der Waals surface area contributed by atoms with E-state index in [0.29, 0.717) is 24.5 Å². The van der Waals surface area contributed by atoms with E-state index in [-0.39, 0.29) is 10.3 Å². The number of hydrogen-bond acceptors (Lipinski definition) is 4. The van der Waals surface area contributed by atoms with Crippen LogP contribution in [0.4, 0.5) is 5.69 Å². The van der Waals surface area contributed by atoms with E-state index in [9.17, 15) is 8.42 Å².